The maximum Gasteiger partial charge on any atom is 0.213 e. The van der Waals surface area contributed by atoms with Crippen LogP contribution in [0.5, 0.6) is 5.88 Å². The van der Waals surface area contributed by atoms with Crippen LogP contribution in [0.25, 0.3) is 0 Å². The average molecular weight is 501 g/mol. The summed E-state index contributed by atoms with van der Waals surface area (Å²) in [6.45, 7) is 5.61. The molecule has 3 rings (SSSR count). The third-order valence-corrected chi connectivity index (χ3v) is 5.32. The van der Waals surface area contributed by atoms with Gasteiger partial charge in [0.1, 0.15) is 0 Å². The van der Waals surface area contributed by atoms with Crippen molar-refractivity contribution in [1.29, 1.82) is 0 Å². The molecule has 6 nitrogen and oxygen atoms in total. The van der Waals surface area contributed by atoms with E-state index in [1.807, 2.05) is 29.5 Å². The standard InChI is InChI=1S/C19H27N5OS.HI/c1-3-20-19(21-14-16-6-4-7-17(22-16)25-2)23-15-9-11-24(12-10-15)18-8-5-13-26-18;/h4-8,13,15H,3,9-12,14H2,1-2H3,(H2,20,21,23);1H. The van der Waals surface area contributed by atoms with Crippen molar-refractivity contribution in [3.8, 4) is 5.88 Å². The largest absolute Gasteiger partial charge is 0.481 e. The third kappa shape index (κ3) is 6.53. The fraction of sp³-hybridized carbons (Fsp3) is 0.474. The Morgan fingerprint density at radius 3 is 2.78 bits per heavy atom. The van der Waals surface area contributed by atoms with Crippen molar-refractivity contribution in [1.82, 2.24) is 15.6 Å². The van der Waals surface area contributed by atoms with Crippen LogP contribution in [0, 0.1) is 0 Å². The van der Waals surface area contributed by atoms with E-state index in [0.717, 1.165) is 44.1 Å². The molecule has 0 aliphatic carbocycles. The molecule has 0 aromatic carbocycles. The number of hydrogen-bond acceptors (Lipinski definition) is 5. The van der Waals surface area contributed by atoms with E-state index < -0.39 is 0 Å². The SMILES string of the molecule is CCNC(=NCc1cccc(OC)n1)NC1CCN(c2cccs2)CC1.I. The van der Waals surface area contributed by atoms with Crippen molar-refractivity contribution >= 4 is 46.3 Å². The van der Waals surface area contributed by atoms with Crippen LogP contribution in [0.2, 0.25) is 0 Å². The Morgan fingerprint density at radius 2 is 2.11 bits per heavy atom. The van der Waals surface area contributed by atoms with E-state index in [-0.39, 0.29) is 24.0 Å². The van der Waals surface area contributed by atoms with Gasteiger partial charge in [0.05, 0.1) is 24.3 Å². The van der Waals surface area contributed by atoms with Gasteiger partial charge < -0.3 is 20.3 Å². The highest BCUT2D eigenvalue weighted by molar-refractivity contribution is 14.0. The van der Waals surface area contributed by atoms with Gasteiger partial charge in [0.2, 0.25) is 5.88 Å². The van der Waals surface area contributed by atoms with E-state index in [1.165, 1.54) is 5.00 Å². The van der Waals surface area contributed by atoms with E-state index in [2.05, 4.69) is 49.9 Å². The first-order chi connectivity index (χ1) is 12.8. The monoisotopic (exact) mass is 501 g/mol. The molecule has 0 bridgehead atoms. The molecule has 0 radical (unpaired) electrons. The Bertz CT molecular complexity index is 702. The lowest BCUT2D eigenvalue weighted by atomic mass is 10.1. The Balaban J connectivity index is 0.00000261. The van der Waals surface area contributed by atoms with Crippen LogP contribution in [0.15, 0.2) is 40.7 Å². The van der Waals surface area contributed by atoms with Crippen LogP contribution in [0.3, 0.4) is 0 Å². The number of methoxy groups -OCH3 is 1. The van der Waals surface area contributed by atoms with Crippen molar-refractivity contribution in [3.05, 3.63) is 41.4 Å². The molecule has 1 aliphatic rings. The van der Waals surface area contributed by atoms with Crippen molar-refractivity contribution in [2.24, 2.45) is 4.99 Å². The van der Waals surface area contributed by atoms with Crippen LogP contribution in [0.4, 0.5) is 5.00 Å². The van der Waals surface area contributed by atoms with Gasteiger partial charge in [-0.05, 0) is 43.3 Å². The Hall–Kier alpha value is -1.55. The molecule has 1 saturated heterocycles. The van der Waals surface area contributed by atoms with Gasteiger partial charge in [-0.15, -0.1) is 35.3 Å². The fourth-order valence-corrected chi connectivity index (χ4v) is 3.81. The summed E-state index contributed by atoms with van der Waals surface area (Å²) >= 11 is 1.81. The predicted octanol–water partition coefficient (Wildman–Crippen LogP) is 3.49. The highest BCUT2D eigenvalue weighted by Crippen LogP contribution is 2.24. The summed E-state index contributed by atoms with van der Waals surface area (Å²) in [6.07, 6.45) is 2.22. The molecule has 1 aliphatic heterocycles. The zero-order valence-electron chi connectivity index (χ0n) is 15.9. The summed E-state index contributed by atoms with van der Waals surface area (Å²) in [4.78, 5) is 11.6. The lowest BCUT2D eigenvalue weighted by molar-refractivity contribution is 0.396. The van der Waals surface area contributed by atoms with Crippen LogP contribution in [0.1, 0.15) is 25.5 Å². The molecular weight excluding hydrogens is 473 g/mol. The molecule has 0 atom stereocenters. The van der Waals surface area contributed by atoms with Gasteiger partial charge in [0.25, 0.3) is 0 Å². The van der Waals surface area contributed by atoms with Crippen molar-refractivity contribution in [2.45, 2.75) is 32.4 Å². The topological polar surface area (TPSA) is 61.8 Å². The number of aliphatic imine (C=N–C) groups is 1. The molecule has 148 valence electrons. The fourth-order valence-electron chi connectivity index (χ4n) is 3.03. The normalized spacial score (nSPS) is 15.2. The van der Waals surface area contributed by atoms with Gasteiger partial charge in [0.15, 0.2) is 5.96 Å². The minimum Gasteiger partial charge on any atom is -0.481 e. The first-order valence-corrected chi connectivity index (χ1v) is 9.99. The zero-order chi connectivity index (χ0) is 18.2. The van der Waals surface area contributed by atoms with Crippen molar-refractivity contribution in [3.63, 3.8) is 0 Å². The van der Waals surface area contributed by atoms with Gasteiger partial charge >= 0.3 is 0 Å². The second-order valence-electron chi connectivity index (χ2n) is 6.22. The Morgan fingerprint density at radius 1 is 1.30 bits per heavy atom. The van der Waals surface area contributed by atoms with Gasteiger partial charge in [-0.1, -0.05) is 6.07 Å². The quantitative estimate of drug-likeness (QED) is 0.361. The number of anilines is 1. The van der Waals surface area contributed by atoms with Crippen LogP contribution in [-0.4, -0.2) is 43.7 Å². The number of nitrogens with one attached hydrogen (secondary N) is 2. The summed E-state index contributed by atoms with van der Waals surface area (Å²) in [7, 11) is 1.63. The molecular formula is C19H28IN5OS. The molecule has 1 fully saturated rings. The first-order valence-electron chi connectivity index (χ1n) is 9.11. The maximum absolute atomic E-state index is 5.18. The number of nitrogens with zero attached hydrogens (tertiary/aromatic N) is 3. The molecule has 2 aromatic rings. The molecule has 27 heavy (non-hydrogen) atoms. The second kappa shape index (κ2) is 11.3. The predicted molar refractivity (Wildman–Crippen MR) is 124 cm³/mol. The summed E-state index contributed by atoms with van der Waals surface area (Å²) < 4.78 is 5.18. The molecule has 2 aromatic heterocycles. The molecule has 0 spiro atoms. The Labute approximate surface area is 182 Å². The van der Waals surface area contributed by atoms with Crippen molar-refractivity contribution in [2.75, 3.05) is 31.6 Å². The maximum atomic E-state index is 5.18. The molecule has 0 saturated carbocycles. The minimum atomic E-state index is 0. The van der Waals surface area contributed by atoms with Gasteiger partial charge in [0, 0.05) is 31.7 Å². The number of pyridine rings is 1. The number of thiophene rings is 1. The second-order valence-corrected chi connectivity index (χ2v) is 7.15. The number of piperidine rings is 1. The zero-order valence-corrected chi connectivity index (χ0v) is 19.0. The third-order valence-electron chi connectivity index (χ3n) is 4.39. The van der Waals surface area contributed by atoms with E-state index in [9.17, 15) is 0 Å². The summed E-state index contributed by atoms with van der Waals surface area (Å²) in [6, 6.07) is 10.5. The molecule has 0 unspecified atom stereocenters. The number of halogens is 1. The van der Waals surface area contributed by atoms with E-state index in [4.69, 9.17) is 4.74 Å². The lowest BCUT2D eigenvalue weighted by Crippen LogP contribution is -2.48. The van der Waals surface area contributed by atoms with E-state index >= 15 is 0 Å². The molecule has 0 amide bonds. The number of hydrogen-bond donors (Lipinski definition) is 2. The number of aromatic nitrogens is 1. The lowest BCUT2D eigenvalue weighted by Gasteiger charge is -2.33. The number of guanidine groups is 1. The van der Waals surface area contributed by atoms with E-state index in [1.54, 1.807) is 7.11 Å². The van der Waals surface area contributed by atoms with E-state index in [0.29, 0.717) is 18.5 Å². The molecule has 8 heteroatoms. The molecule has 2 N–H and O–H groups in total. The van der Waals surface area contributed by atoms with Gasteiger partial charge in [-0.2, -0.15) is 0 Å². The van der Waals surface area contributed by atoms with Crippen LogP contribution >= 0.6 is 35.3 Å². The highest BCUT2D eigenvalue weighted by atomic mass is 127. The minimum absolute atomic E-state index is 0. The van der Waals surface area contributed by atoms with Crippen LogP contribution < -0.4 is 20.3 Å². The highest BCUT2D eigenvalue weighted by Gasteiger charge is 2.20. The van der Waals surface area contributed by atoms with Gasteiger partial charge in [-0.3, -0.25) is 0 Å². The smallest absolute Gasteiger partial charge is 0.213 e. The number of ether oxygens (including phenoxy) is 1. The van der Waals surface area contributed by atoms with Gasteiger partial charge in [-0.25, -0.2) is 9.98 Å². The summed E-state index contributed by atoms with van der Waals surface area (Å²) in [5, 5.41) is 10.4. The van der Waals surface area contributed by atoms with Crippen molar-refractivity contribution < 1.29 is 4.74 Å². The Kier molecular flexibility index (Phi) is 9.12. The van der Waals surface area contributed by atoms with Crippen LogP contribution in [-0.2, 0) is 6.54 Å². The summed E-state index contributed by atoms with van der Waals surface area (Å²) in [5.74, 6) is 1.48. The summed E-state index contributed by atoms with van der Waals surface area (Å²) in [5.41, 5.74) is 0.897. The number of rotatable bonds is 6. The average Bonchev–Trinajstić information content (AvgIpc) is 3.22. The molecule has 3 heterocycles. The first kappa shape index (κ1) is 21.7.